The highest BCUT2D eigenvalue weighted by Crippen LogP contribution is 2.27. The van der Waals surface area contributed by atoms with E-state index in [9.17, 15) is 9.90 Å². The van der Waals surface area contributed by atoms with Crippen molar-refractivity contribution in [2.24, 2.45) is 0 Å². The Balaban J connectivity index is 1.70. The lowest BCUT2D eigenvalue weighted by molar-refractivity contribution is -0.132. The number of imidazole rings is 1. The summed E-state index contributed by atoms with van der Waals surface area (Å²) >= 11 is 9.33. The summed E-state index contributed by atoms with van der Waals surface area (Å²) in [5.41, 5.74) is 2.04. The first-order valence-corrected chi connectivity index (χ1v) is 10.7. The zero-order valence-electron chi connectivity index (χ0n) is 15.0. The molecule has 0 fully saturated rings. The van der Waals surface area contributed by atoms with E-state index in [0.29, 0.717) is 22.8 Å². The maximum Gasteiger partial charge on any atom is 0.332 e. The second-order valence-corrected chi connectivity index (χ2v) is 8.73. The van der Waals surface area contributed by atoms with Crippen LogP contribution in [-0.2, 0) is 17.6 Å². The summed E-state index contributed by atoms with van der Waals surface area (Å²) in [7, 11) is 0. The molecule has 0 bridgehead atoms. The molecule has 3 rings (SSSR count). The van der Waals surface area contributed by atoms with Crippen LogP contribution in [0.15, 0.2) is 71.4 Å². The molecule has 0 radical (unpaired) electrons. The first kappa shape index (κ1) is 20.5. The van der Waals surface area contributed by atoms with Crippen molar-refractivity contribution in [1.82, 2.24) is 9.97 Å². The Kier molecular flexibility index (Phi) is 7.14. The van der Waals surface area contributed by atoms with Gasteiger partial charge in [-0.1, -0.05) is 53.7 Å². The normalized spacial score (nSPS) is 12.7. The van der Waals surface area contributed by atoms with Crippen LogP contribution in [-0.4, -0.2) is 26.3 Å². The molecule has 0 spiro atoms. The summed E-state index contributed by atoms with van der Waals surface area (Å²) in [6.45, 7) is 3.91. The molecule has 0 amide bonds. The molecule has 28 heavy (non-hydrogen) atoms. The Labute approximate surface area is 177 Å². The van der Waals surface area contributed by atoms with Gasteiger partial charge in [0.05, 0.1) is 11.9 Å². The number of hydrogen-bond acceptors (Lipinski definition) is 4. The van der Waals surface area contributed by atoms with Crippen molar-refractivity contribution < 1.29 is 9.90 Å². The number of aliphatic carboxylic acids is 1. The van der Waals surface area contributed by atoms with Crippen LogP contribution in [0.2, 0.25) is 5.02 Å². The highest BCUT2D eigenvalue weighted by atomic mass is 35.5. The standard InChI is InChI=1S/C21H19ClN2O2S2/c1-2-17(11-14-6-3-4-8-19(14)22)28-21-23-13-16(24-21)10-15(20(25)26)12-18-7-5-9-27-18/h2-10,13,17H,1,11-12H2,(H,23,24)(H,25,26). The van der Waals surface area contributed by atoms with Gasteiger partial charge in [0.25, 0.3) is 0 Å². The van der Waals surface area contributed by atoms with Gasteiger partial charge in [0.15, 0.2) is 5.16 Å². The number of thioether (sulfide) groups is 1. The van der Waals surface area contributed by atoms with Crippen LogP contribution in [0.3, 0.4) is 0 Å². The van der Waals surface area contributed by atoms with Crippen molar-refractivity contribution in [3.63, 3.8) is 0 Å². The number of thiophene rings is 1. The third-order valence-electron chi connectivity index (χ3n) is 4.03. The van der Waals surface area contributed by atoms with Crippen molar-refractivity contribution in [2.75, 3.05) is 0 Å². The number of benzene rings is 1. The molecule has 1 aromatic carbocycles. The van der Waals surface area contributed by atoms with Gasteiger partial charge < -0.3 is 10.1 Å². The summed E-state index contributed by atoms with van der Waals surface area (Å²) in [5, 5.41) is 13.0. The van der Waals surface area contributed by atoms with E-state index < -0.39 is 5.97 Å². The van der Waals surface area contributed by atoms with Gasteiger partial charge >= 0.3 is 5.97 Å². The van der Waals surface area contributed by atoms with Gasteiger partial charge in [-0.2, -0.15) is 0 Å². The van der Waals surface area contributed by atoms with Crippen LogP contribution in [0.5, 0.6) is 0 Å². The second kappa shape index (κ2) is 9.78. The maximum absolute atomic E-state index is 11.6. The van der Waals surface area contributed by atoms with Crippen LogP contribution in [0.4, 0.5) is 0 Å². The van der Waals surface area contributed by atoms with E-state index in [1.165, 1.54) is 11.8 Å². The lowest BCUT2D eigenvalue weighted by Crippen LogP contribution is -2.04. The molecule has 0 aliphatic carbocycles. The lowest BCUT2D eigenvalue weighted by atomic mass is 10.1. The number of hydrogen-bond donors (Lipinski definition) is 2. The fourth-order valence-electron chi connectivity index (χ4n) is 2.62. The quantitative estimate of drug-likeness (QED) is 0.258. The SMILES string of the molecule is C=CC(Cc1ccccc1Cl)Sc1ncc(C=C(Cc2cccs2)C(=O)O)[nH]1. The number of rotatable bonds is 9. The minimum absolute atomic E-state index is 0.0907. The average Bonchev–Trinajstić information content (AvgIpc) is 3.34. The fraction of sp³-hybridized carbons (Fsp3) is 0.143. The molecule has 4 nitrogen and oxygen atoms in total. The maximum atomic E-state index is 11.6. The van der Waals surface area contributed by atoms with Crippen LogP contribution >= 0.6 is 34.7 Å². The van der Waals surface area contributed by atoms with Crippen molar-refractivity contribution in [3.05, 3.63) is 87.4 Å². The Bertz CT molecular complexity index is 980. The molecule has 2 N–H and O–H groups in total. The smallest absolute Gasteiger partial charge is 0.332 e. The number of aromatic amines is 1. The van der Waals surface area contributed by atoms with Crippen molar-refractivity contribution in [1.29, 1.82) is 0 Å². The largest absolute Gasteiger partial charge is 0.478 e. The Morgan fingerprint density at radius 1 is 1.36 bits per heavy atom. The first-order valence-electron chi connectivity index (χ1n) is 8.59. The number of carboxylic acid groups (broad SMARTS) is 1. The van der Waals surface area contributed by atoms with E-state index in [1.807, 2.05) is 47.9 Å². The zero-order valence-corrected chi connectivity index (χ0v) is 17.4. The van der Waals surface area contributed by atoms with Crippen LogP contribution in [0.1, 0.15) is 16.1 Å². The average molecular weight is 431 g/mol. The first-order chi connectivity index (χ1) is 13.5. The zero-order chi connectivity index (χ0) is 19.9. The molecular weight excluding hydrogens is 412 g/mol. The van der Waals surface area contributed by atoms with Gasteiger partial charge in [-0.3, -0.25) is 0 Å². The Morgan fingerprint density at radius 3 is 2.86 bits per heavy atom. The van der Waals surface area contributed by atoms with E-state index in [0.717, 1.165) is 21.9 Å². The summed E-state index contributed by atoms with van der Waals surface area (Å²) in [5.74, 6) is -0.931. The molecular formula is C21H19ClN2O2S2. The Hall–Kier alpha value is -2.28. The Morgan fingerprint density at radius 2 is 2.18 bits per heavy atom. The predicted octanol–water partition coefficient (Wildman–Crippen LogP) is 5.72. The molecule has 0 aliphatic rings. The number of nitrogens with one attached hydrogen (secondary N) is 1. The number of carbonyl (C=O) groups is 1. The molecule has 2 aromatic heterocycles. The van der Waals surface area contributed by atoms with Gasteiger partial charge in [-0.15, -0.1) is 17.9 Å². The summed E-state index contributed by atoms with van der Waals surface area (Å²) in [6, 6.07) is 11.6. The predicted molar refractivity (Wildman–Crippen MR) is 117 cm³/mol. The summed E-state index contributed by atoms with van der Waals surface area (Å²) in [6.07, 6.45) is 6.27. The third kappa shape index (κ3) is 5.61. The molecule has 3 aromatic rings. The summed E-state index contributed by atoms with van der Waals surface area (Å²) in [4.78, 5) is 20.1. The number of halogens is 1. The van der Waals surface area contributed by atoms with E-state index in [1.54, 1.807) is 23.6 Å². The van der Waals surface area contributed by atoms with Crippen molar-refractivity contribution >= 4 is 46.7 Å². The van der Waals surface area contributed by atoms with Crippen LogP contribution in [0.25, 0.3) is 6.08 Å². The molecule has 1 atom stereocenters. The van der Waals surface area contributed by atoms with Gasteiger partial charge in [0, 0.05) is 27.1 Å². The molecule has 0 saturated heterocycles. The van der Waals surface area contributed by atoms with Gasteiger partial charge in [-0.25, -0.2) is 9.78 Å². The third-order valence-corrected chi connectivity index (χ3v) is 6.36. The molecule has 144 valence electrons. The van der Waals surface area contributed by atoms with Gasteiger partial charge in [0.2, 0.25) is 0 Å². The number of nitrogens with zero attached hydrogens (tertiary/aromatic N) is 1. The highest BCUT2D eigenvalue weighted by molar-refractivity contribution is 7.99. The number of aromatic nitrogens is 2. The van der Waals surface area contributed by atoms with Gasteiger partial charge in [-0.05, 0) is 35.6 Å². The van der Waals surface area contributed by atoms with Crippen LogP contribution < -0.4 is 0 Å². The number of carboxylic acids is 1. The van der Waals surface area contributed by atoms with E-state index in [-0.39, 0.29) is 5.25 Å². The van der Waals surface area contributed by atoms with Crippen molar-refractivity contribution in [3.8, 4) is 0 Å². The molecule has 0 saturated carbocycles. The molecule has 2 heterocycles. The fourth-order valence-corrected chi connectivity index (χ4v) is 4.50. The highest BCUT2D eigenvalue weighted by Gasteiger charge is 2.14. The van der Waals surface area contributed by atoms with E-state index in [4.69, 9.17) is 11.6 Å². The number of H-pyrrole nitrogens is 1. The monoisotopic (exact) mass is 430 g/mol. The minimum atomic E-state index is -0.931. The summed E-state index contributed by atoms with van der Waals surface area (Å²) < 4.78 is 0. The van der Waals surface area contributed by atoms with Crippen LogP contribution in [0, 0.1) is 0 Å². The van der Waals surface area contributed by atoms with Gasteiger partial charge in [0.1, 0.15) is 0 Å². The second-order valence-electron chi connectivity index (χ2n) is 6.06. The van der Waals surface area contributed by atoms with E-state index in [2.05, 4.69) is 16.5 Å². The van der Waals surface area contributed by atoms with E-state index >= 15 is 0 Å². The lowest BCUT2D eigenvalue weighted by Gasteiger charge is -2.11. The van der Waals surface area contributed by atoms with Crippen molar-refractivity contribution in [2.45, 2.75) is 23.2 Å². The molecule has 1 unspecified atom stereocenters. The minimum Gasteiger partial charge on any atom is -0.478 e. The topological polar surface area (TPSA) is 66.0 Å². The molecule has 7 heteroatoms. The molecule has 0 aliphatic heterocycles.